The van der Waals surface area contributed by atoms with E-state index in [0.717, 1.165) is 48.3 Å². The van der Waals surface area contributed by atoms with Gasteiger partial charge in [0, 0.05) is 28.6 Å². The number of aliphatic hydroxyl groups is 2. The number of ketones is 1. The molecule has 0 spiro atoms. The van der Waals surface area contributed by atoms with Crippen molar-refractivity contribution in [2.45, 2.75) is 82.6 Å². The summed E-state index contributed by atoms with van der Waals surface area (Å²) in [5.41, 5.74) is 0.993. The van der Waals surface area contributed by atoms with Crippen molar-refractivity contribution in [3.8, 4) is 11.1 Å². The number of piperidine rings is 1. The van der Waals surface area contributed by atoms with Crippen LogP contribution in [0.3, 0.4) is 0 Å². The van der Waals surface area contributed by atoms with E-state index in [2.05, 4.69) is 12.2 Å². The normalized spacial score (nSPS) is 20.6. The van der Waals surface area contributed by atoms with Crippen molar-refractivity contribution in [3.63, 3.8) is 0 Å². The topological polar surface area (TPSA) is 110 Å². The Morgan fingerprint density at radius 1 is 1.13 bits per heavy atom. The molecule has 206 valence electrons. The molecular weight excluding hydrogens is 504 g/mol. The van der Waals surface area contributed by atoms with Gasteiger partial charge in [-0.3, -0.25) is 9.69 Å². The third-order valence-corrected chi connectivity index (χ3v) is 8.50. The van der Waals surface area contributed by atoms with Crippen LogP contribution in [-0.2, 0) is 16.8 Å². The Kier molecular flexibility index (Phi) is 9.47. The maximum atomic E-state index is 14.0. The van der Waals surface area contributed by atoms with E-state index in [-0.39, 0.29) is 30.6 Å². The summed E-state index contributed by atoms with van der Waals surface area (Å²) in [6, 6.07) is 12.7. The van der Waals surface area contributed by atoms with E-state index in [9.17, 15) is 24.9 Å². The van der Waals surface area contributed by atoms with Crippen LogP contribution in [-0.4, -0.2) is 57.5 Å². The number of carboxylic acid groups (broad SMARTS) is 1. The first-order valence-corrected chi connectivity index (χ1v) is 14.2. The zero-order chi connectivity index (χ0) is 27.3. The minimum Gasteiger partial charge on any atom is -0.465 e. The van der Waals surface area contributed by atoms with Gasteiger partial charge in [0.25, 0.3) is 0 Å². The number of aryl methyl sites for hydroxylation is 1. The minimum atomic E-state index is -1.92. The summed E-state index contributed by atoms with van der Waals surface area (Å²) in [6.07, 6.45) is 2.79. The Labute approximate surface area is 229 Å². The highest BCUT2D eigenvalue weighted by molar-refractivity contribution is 6.33. The molecule has 3 unspecified atom stereocenters. The van der Waals surface area contributed by atoms with E-state index in [4.69, 9.17) is 11.6 Å². The highest BCUT2D eigenvalue weighted by Gasteiger charge is 2.45. The molecule has 0 radical (unpaired) electrons. The summed E-state index contributed by atoms with van der Waals surface area (Å²) in [4.78, 5) is 27.2. The molecule has 4 rings (SSSR count). The number of nitrogens with one attached hydrogen (secondary N) is 1. The summed E-state index contributed by atoms with van der Waals surface area (Å²) >= 11 is 6.72. The second-order valence-corrected chi connectivity index (χ2v) is 11.0. The van der Waals surface area contributed by atoms with E-state index in [1.807, 2.05) is 24.3 Å². The highest BCUT2D eigenvalue weighted by Crippen LogP contribution is 2.43. The van der Waals surface area contributed by atoms with E-state index in [1.54, 1.807) is 18.2 Å². The van der Waals surface area contributed by atoms with Crippen LogP contribution in [0, 0.1) is 5.92 Å². The fourth-order valence-electron chi connectivity index (χ4n) is 6.10. The molecule has 2 fully saturated rings. The molecular formula is C30H39ClN2O5. The van der Waals surface area contributed by atoms with Gasteiger partial charge in [0.05, 0.1) is 6.04 Å². The summed E-state index contributed by atoms with van der Waals surface area (Å²) < 4.78 is 0. The van der Waals surface area contributed by atoms with Crippen molar-refractivity contribution in [1.82, 2.24) is 10.2 Å². The Balaban J connectivity index is 1.72. The summed E-state index contributed by atoms with van der Waals surface area (Å²) in [5, 5.41) is 36.9. The van der Waals surface area contributed by atoms with Crippen LogP contribution in [0.5, 0.6) is 0 Å². The quantitative estimate of drug-likeness (QED) is 0.301. The van der Waals surface area contributed by atoms with Crippen LogP contribution in [0.2, 0.25) is 5.02 Å². The van der Waals surface area contributed by atoms with Gasteiger partial charge in [0.2, 0.25) is 0 Å². The molecule has 2 aromatic carbocycles. The smallest absolute Gasteiger partial charge is 0.409 e. The molecule has 2 aromatic rings. The van der Waals surface area contributed by atoms with E-state index < -0.39 is 17.9 Å². The van der Waals surface area contributed by atoms with Crippen LogP contribution in [0.4, 0.5) is 4.79 Å². The highest BCUT2D eigenvalue weighted by atomic mass is 35.5. The molecule has 1 heterocycles. The molecule has 0 bridgehead atoms. The van der Waals surface area contributed by atoms with Gasteiger partial charge in [-0.25, -0.2) is 4.79 Å². The van der Waals surface area contributed by atoms with Crippen molar-refractivity contribution < 1.29 is 24.9 Å². The number of hydrogen-bond acceptors (Lipinski definition) is 5. The molecule has 3 atom stereocenters. The molecule has 0 aromatic heterocycles. The van der Waals surface area contributed by atoms with Crippen molar-refractivity contribution in [1.29, 1.82) is 0 Å². The van der Waals surface area contributed by atoms with Crippen LogP contribution in [0.15, 0.2) is 42.5 Å². The predicted octanol–water partition coefficient (Wildman–Crippen LogP) is 5.35. The van der Waals surface area contributed by atoms with E-state index in [0.29, 0.717) is 42.0 Å². The molecule has 7 nitrogen and oxygen atoms in total. The number of amides is 1. The number of Topliss-reactive ketones (excluding diaryl/α,β-unsaturated/α-hetero) is 1. The van der Waals surface area contributed by atoms with Gasteiger partial charge in [0.1, 0.15) is 11.8 Å². The first kappa shape index (κ1) is 28.6. The third kappa shape index (κ3) is 6.07. The van der Waals surface area contributed by atoms with Gasteiger partial charge in [-0.15, -0.1) is 0 Å². The molecule has 38 heavy (non-hydrogen) atoms. The average Bonchev–Trinajstić information content (AvgIpc) is 3.47. The van der Waals surface area contributed by atoms with Crippen molar-refractivity contribution >= 4 is 23.5 Å². The number of carbonyl (C=O) groups excluding carboxylic acids is 1. The Hall–Kier alpha value is -2.45. The lowest BCUT2D eigenvalue weighted by Gasteiger charge is -2.38. The van der Waals surface area contributed by atoms with Crippen molar-refractivity contribution in [3.05, 3.63) is 58.6 Å². The zero-order valence-corrected chi connectivity index (χ0v) is 22.8. The largest absolute Gasteiger partial charge is 0.465 e. The van der Waals surface area contributed by atoms with Crippen LogP contribution < -0.4 is 5.32 Å². The van der Waals surface area contributed by atoms with Gasteiger partial charge < -0.3 is 20.6 Å². The molecule has 1 saturated carbocycles. The molecule has 1 amide bonds. The van der Waals surface area contributed by atoms with Crippen LogP contribution in [0.1, 0.15) is 69.4 Å². The maximum absolute atomic E-state index is 14.0. The number of halogens is 1. The van der Waals surface area contributed by atoms with Crippen molar-refractivity contribution in [2.75, 3.05) is 13.1 Å². The molecule has 1 aliphatic carbocycles. The SMILES string of the molecule is CCc1cccc(-c2c(Cl)cccc2C(O)(CCC(O)N(C(=O)O)C2CCCNC2)C(=O)C2CCCC2)c1. The van der Waals surface area contributed by atoms with E-state index in [1.165, 1.54) is 0 Å². The third-order valence-electron chi connectivity index (χ3n) is 8.19. The van der Waals surface area contributed by atoms with Crippen LogP contribution in [0.25, 0.3) is 11.1 Å². The minimum absolute atomic E-state index is 0.0846. The summed E-state index contributed by atoms with van der Waals surface area (Å²) in [6.45, 7) is 3.33. The lowest BCUT2D eigenvalue weighted by atomic mass is 9.76. The Morgan fingerprint density at radius 3 is 2.53 bits per heavy atom. The van der Waals surface area contributed by atoms with E-state index >= 15 is 0 Å². The van der Waals surface area contributed by atoms with Gasteiger partial charge >= 0.3 is 6.09 Å². The molecule has 8 heteroatoms. The fourth-order valence-corrected chi connectivity index (χ4v) is 6.38. The number of benzene rings is 2. The molecule has 1 saturated heterocycles. The number of aliphatic hydroxyl groups excluding tert-OH is 1. The standard InChI is InChI=1S/C30H39ClN2O5/c1-2-20-8-5-11-22(18-20)27-24(13-6-14-25(27)31)30(38,28(35)21-9-3-4-10-21)16-15-26(34)33(29(36)37)23-12-7-17-32-19-23/h5-6,8,11,13-14,18,21,23,26,32,34,38H,2-4,7,9-10,12,15-17,19H2,1H3,(H,36,37). The monoisotopic (exact) mass is 542 g/mol. The second kappa shape index (κ2) is 12.6. The van der Waals surface area contributed by atoms with Gasteiger partial charge in [-0.2, -0.15) is 0 Å². The van der Waals surface area contributed by atoms with Crippen molar-refractivity contribution in [2.24, 2.45) is 5.92 Å². The zero-order valence-electron chi connectivity index (χ0n) is 22.0. The average molecular weight is 543 g/mol. The van der Waals surface area contributed by atoms with Gasteiger partial charge in [-0.05, 0) is 68.7 Å². The number of carbonyl (C=O) groups is 2. The van der Waals surface area contributed by atoms with Gasteiger partial charge in [-0.1, -0.05) is 67.8 Å². The first-order valence-electron chi connectivity index (χ1n) is 13.8. The van der Waals surface area contributed by atoms with Crippen LogP contribution >= 0.6 is 11.6 Å². The fraction of sp³-hybridized carbons (Fsp3) is 0.533. The maximum Gasteiger partial charge on any atom is 0.409 e. The molecule has 2 aliphatic rings. The summed E-state index contributed by atoms with van der Waals surface area (Å²) in [7, 11) is 0. The molecule has 4 N–H and O–H groups in total. The summed E-state index contributed by atoms with van der Waals surface area (Å²) in [5.74, 6) is -0.567. The lowest BCUT2D eigenvalue weighted by molar-refractivity contribution is -0.145. The number of hydrogen-bond donors (Lipinski definition) is 4. The Morgan fingerprint density at radius 2 is 1.87 bits per heavy atom. The molecule has 1 aliphatic heterocycles. The number of nitrogens with zero attached hydrogens (tertiary/aromatic N) is 1. The predicted molar refractivity (Wildman–Crippen MR) is 148 cm³/mol. The lowest BCUT2D eigenvalue weighted by Crippen LogP contribution is -2.53. The first-order chi connectivity index (χ1) is 18.3. The second-order valence-electron chi connectivity index (χ2n) is 10.6. The van der Waals surface area contributed by atoms with Gasteiger partial charge in [0.15, 0.2) is 5.78 Å². The number of rotatable bonds is 10. The Bertz CT molecular complexity index is 1130.